The number of fused-ring (bicyclic) bond motifs is 1. The number of nitro benzene ring substituents is 1. The largest absolute Gasteiger partial charge is 0.311 e. The summed E-state index contributed by atoms with van der Waals surface area (Å²) < 4.78 is 0. The number of hydrogen-bond donors (Lipinski definition) is 0. The monoisotopic (exact) mass is 234 g/mol. The number of nitrogens with zero attached hydrogens (tertiary/aromatic N) is 2. The molecule has 1 heterocycles. The van der Waals surface area contributed by atoms with Crippen molar-refractivity contribution in [3.63, 3.8) is 0 Å². The molecule has 1 aromatic carbocycles. The lowest BCUT2D eigenvalue weighted by molar-refractivity contribution is -0.384. The predicted octanol–water partition coefficient (Wildman–Crippen LogP) is 2.24. The van der Waals surface area contributed by atoms with Gasteiger partial charge in [0.05, 0.1) is 4.92 Å². The predicted molar refractivity (Wildman–Crippen MR) is 64.1 cm³/mol. The molecule has 90 valence electrons. The van der Waals surface area contributed by atoms with Gasteiger partial charge in [0.25, 0.3) is 5.69 Å². The van der Waals surface area contributed by atoms with E-state index < -0.39 is 4.92 Å². The number of nitro groups is 1. The van der Waals surface area contributed by atoms with E-state index in [0.717, 1.165) is 11.3 Å². The number of carbonyl (C=O) groups excluding carboxylic acids is 1. The first-order valence-corrected chi connectivity index (χ1v) is 5.40. The lowest BCUT2D eigenvalue weighted by Gasteiger charge is -2.19. The summed E-state index contributed by atoms with van der Waals surface area (Å²) in [6.45, 7) is 6.04. The Morgan fingerprint density at radius 1 is 1.47 bits per heavy atom. The second-order valence-corrected chi connectivity index (χ2v) is 4.95. The lowest BCUT2D eigenvalue weighted by Crippen LogP contribution is -2.31. The number of rotatable bonds is 1. The van der Waals surface area contributed by atoms with Crippen LogP contribution in [-0.4, -0.2) is 17.4 Å². The molecule has 1 amide bonds. The lowest BCUT2D eigenvalue weighted by atomic mass is 9.87. The van der Waals surface area contributed by atoms with Gasteiger partial charge in [-0.15, -0.1) is 0 Å². The number of anilines is 1. The zero-order valence-electron chi connectivity index (χ0n) is 10.1. The van der Waals surface area contributed by atoms with Crippen molar-refractivity contribution < 1.29 is 9.72 Å². The number of carbonyl (C=O) groups is 1. The molecule has 1 aliphatic heterocycles. The maximum Gasteiger partial charge on any atom is 0.269 e. The molecule has 0 aromatic heterocycles. The first-order valence-electron chi connectivity index (χ1n) is 5.40. The van der Waals surface area contributed by atoms with Crippen LogP contribution >= 0.6 is 0 Å². The Balaban J connectivity index is 2.57. The van der Waals surface area contributed by atoms with Gasteiger partial charge in [0.15, 0.2) is 0 Å². The Morgan fingerprint density at radius 2 is 2.12 bits per heavy atom. The topological polar surface area (TPSA) is 63.5 Å². The smallest absolute Gasteiger partial charge is 0.269 e. The summed E-state index contributed by atoms with van der Waals surface area (Å²) >= 11 is 0. The highest BCUT2D eigenvalue weighted by Gasteiger charge is 2.37. The first kappa shape index (κ1) is 11.6. The average Bonchev–Trinajstić information content (AvgIpc) is 2.51. The van der Waals surface area contributed by atoms with E-state index in [0.29, 0.717) is 6.54 Å². The molecule has 0 saturated carbocycles. The fraction of sp³-hybridized carbons (Fsp3) is 0.417. The van der Waals surface area contributed by atoms with Crippen LogP contribution in [-0.2, 0) is 10.2 Å². The number of hydrogen-bond acceptors (Lipinski definition) is 3. The Labute approximate surface area is 99.2 Å². The second-order valence-electron chi connectivity index (χ2n) is 4.95. The van der Waals surface area contributed by atoms with Crippen molar-refractivity contribution in [1.82, 2.24) is 0 Å². The minimum atomic E-state index is -0.410. The molecular formula is C12H14N2O3. The van der Waals surface area contributed by atoms with Gasteiger partial charge in [0.2, 0.25) is 5.91 Å². The minimum Gasteiger partial charge on any atom is -0.311 e. The standard InChI is InChI=1S/C12H14N2O3/c1-8(15)13-7-12(2,3)10-6-9(14(16)17)4-5-11(10)13/h4-6H,7H2,1-3H3. The first-order chi connectivity index (χ1) is 7.83. The van der Waals surface area contributed by atoms with Crippen molar-refractivity contribution >= 4 is 17.3 Å². The van der Waals surface area contributed by atoms with Gasteiger partial charge < -0.3 is 4.90 Å². The molecule has 1 aliphatic rings. The Kier molecular flexibility index (Phi) is 2.41. The van der Waals surface area contributed by atoms with Gasteiger partial charge in [0.1, 0.15) is 0 Å². The quantitative estimate of drug-likeness (QED) is 0.553. The van der Waals surface area contributed by atoms with E-state index in [1.54, 1.807) is 17.0 Å². The fourth-order valence-corrected chi connectivity index (χ4v) is 2.26. The summed E-state index contributed by atoms with van der Waals surface area (Å²) in [6, 6.07) is 4.66. The van der Waals surface area contributed by atoms with Crippen molar-refractivity contribution in [3.8, 4) is 0 Å². The minimum absolute atomic E-state index is 0.0364. The van der Waals surface area contributed by atoms with Crippen molar-refractivity contribution in [3.05, 3.63) is 33.9 Å². The summed E-state index contributed by atoms with van der Waals surface area (Å²) in [5.41, 5.74) is 1.48. The van der Waals surface area contributed by atoms with E-state index in [1.165, 1.54) is 13.0 Å². The molecule has 0 unspecified atom stereocenters. The van der Waals surface area contributed by atoms with Crippen molar-refractivity contribution in [2.24, 2.45) is 0 Å². The highest BCUT2D eigenvalue weighted by molar-refractivity contribution is 5.94. The SMILES string of the molecule is CC(=O)N1CC(C)(C)c2cc([N+](=O)[O-])ccc21. The van der Waals surface area contributed by atoms with Gasteiger partial charge in [-0.25, -0.2) is 0 Å². The molecular weight excluding hydrogens is 220 g/mol. The van der Waals surface area contributed by atoms with E-state index in [2.05, 4.69) is 0 Å². The molecule has 0 spiro atoms. The van der Waals surface area contributed by atoms with Crippen LogP contribution in [0.15, 0.2) is 18.2 Å². The van der Waals surface area contributed by atoms with Crippen molar-refractivity contribution in [1.29, 1.82) is 0 Å². The zero-order chi connectivity index (χ0) is 12.8. The van der Waals surface area contributed by atoms with Crippen LogP contribution in [0.1, 0.15) is 26.3 Å². The fourth-order valence-electron chi connectivity index (χ4n) is 2.26. The summed E-state index contributed by atoms with van der Waals surface area (Å²) in [6.07, 6.45) is 0. The van der Waals surface area contributed by atoms with E-state index in [4.69, 9.17) is 0 Å². The van der Waals surface area contributed by atoms with Gasteiger partial charge in [-0.2, -0.15) is 0 Å². The second kappa shape index (κ2) is 3.55. The molecule has 5 nitrogen and oxygen atoms in total. The third-order valence-electron chi connectivity index (χ3n) is 3.14. The maximum atomic E-state index is 11.5. The van der Waals surface area contributed by atoms with Crippen LogP contribution in [0.3, 0.4) is 0 Å². The molecule has 1 aromatic rings. The zero-order valence-corrected chi connectivity index (χ0v) is 10.1. The van der Waals surface area contributed by atoms with Crippen LogP contribution in [0.4, 0.5) is 11.4 Å². The summed E-state index contributed by atoms with van der Waals surface area (Å²) in [7, 11) is 0. The van der Waals surface area contributed by atoms with E-state index >= 15 is 0 Å². The Morgan fingerprint density at radius 3 is 2.65 bits per heavy atom. The molecule has 0 bridgehead atoms. The summed E-state index contributed by atoms with van der Waals surface area (Å²) in [5.74, 6) is -0.0364. The van der Waals surface area contributed by atoms with Gasteiger partial charge in [-0.1, -0.05) is 13.8 Å². The van der Waals surface area contributed by atoms with E-state index in [1.807, 2.05) is 13.8 Å². The molecule has 0 fully saturated rings. The van der Waals surface area contributed by atoms with Gasteiger partial charge in [-0.3, -0.25) is 14.9 Å². The van der Waals surface area contributed by atoms with Crippen LogP contribution in [0.5, 0.6) is 0 Å². The highest BCUT2D eigenvalue weighted by Crippen LogP contribution is 2.42. The molecule has 0 N–H and O–H groups in total. The third-order valence-corrected chi connectivity index (χ3v) is 3.14. The molecule has 0 radical (unpaired) electrons. The van der Waals surface area contributed by atoms with Gasteiger partial charge in [-0.05, 0) is 11.6 Å². The van der Waals surface area contributed by atoms with E-state index in [-0.39, 0.29) is 17.0 Å². The average molecular weight is 234 g/mol. The van der Waals surface area contributed by atoms with Crippen LogP contribution in [0.2, 0.25) is 0 Å². The third kappa shape index (κ3) is 1.77. The van der Waals surface area contributed by atoms with E-state index in [9.17, 15) is 14.9 Å². The number of amides is 1. The molecule has 0 aliphatic carbocycles. The van der Waals surface area contributed by atoms with Crippen LogP contribution < -0.4 is 4.90 Å². The Bertz CT molecular complexity index is 508. The molecule has 2 rings (SSSR count). The molecule has 0 saturated heterocycles. The number of non-ortho nitro benzene ring substituents is 1. The maximum absolute atomic E-state index is 11.5. The van der Waals surface area contributed by atoms with Crippen molar-refractivity contribution in [2.45, 2.75) is 26.2 Å². The highest BCUT2D eigenvalue weighted by atomic mass is 16.6. The molecule has 5 heteroatoms. The van der Waals surface area contributed by atoms with Crippen LogP contribution in [0, 0.1) is 10.1 Å². The molecule has 17 heavy (non-hydrogen) atoms. The Hall–Kier alpha value is -1.91. The normalized spacial score (nSPS) is 16.8. The molecule has 0 atom stereocenters. The van der Waals surface area contributed by atoms with Crippen molar-refractivity contribution in [2.75, 3.05) is 11.4 Å². The van der Waals surface area contributed by atoms with Gasteiger partial charge in [0, 0.05) is 36.7 Å². The summed E-state index contributed by atoms with van der Waals surface area (Å²) in [4.78, 5) is 23.5. The van der Waals surface area contributed by atoms with Gasteiger partial charge >= 0.3 is 0 Å². The number of benzene rings is 1. The summed E-state index contributed by atoms with van der Waals surface area (Å²) in [5, 5.41) is 10.8. The van der Waals surface area contributed by atoms with Crippen LogP contribution in [0.25, 0.3) is 0 Å².